The molecule has 0 fully saturated rings. The van der Waals surface area contributed by atoms with Gasteiger partial charge in [-0.2, -0.15) is 0 Å². The largest absolute Gasteiger partial charge is 0.389 e. The van der Waals surface area contributed by atoms with Crippen LogP contribution < -0.4 is 0 Å². The molecule has 3 heteroatoms. The number of aryl methyl sites for hydroxylation is 2. The highest BCUT2D eigenvalue weighted by Crippen LogP contribution is 2.20. The van der Waals surface area contributed by atoms with Crippen LogP contribution in [0, 0.1) is 13.8 Å². The van der Waals surface area contributed by atoms with Crippen LogP contribution in [0.25, 0.3) is 11.0 Å². The molecular weight excluding hydrogens is 200 g/mol. The van der Waals surface area contributed by atoms with Crippen LogP contribution in [0.1, 0.15) is 25.0 Å². The fourth-order valence-electron chi connectivity index (χ4n) is 1.86. The molecule has 0 aliphatic heterocycles. The number of aromatic nitrogens is 2. The molecule has 0 aliphatic carbocycles. The van der Waals surface area contributed by atoms with E-state index in [-0.39, 0.29) is 0 Å². The van der Waals surface area contributed by atoms with Crippen molar-refractivity contribution in [3.05, 3.63) is 29.6 Å². The molecule has 86 valence electrons. The smallest absolute Gasteiger partial charge is 0.0959 e. The lowest BCUT2D eigenvalue weighted by Crippen LogP contribution is -2.25. The zero-order valence-electron chi connectivity index (χ0n) is 10.3. The van der Waals surface area contributed by atoms with Crippen molar-refractivity contribution in [2.45, 2.75) is 39.8 Å². The Hall–Kier alpha value is -1.35. The molecule has 0 saturated carbocycles. The average molecular weight is 218 g/mol. The highest BCUT2D eigenvalue weighted by atomic mass is 16.3. The first-order valence-electron chi connectivity index (χ1n) is 5.51. The monoisotopic (exact) mass is 218 g/mol. The maximum absolute atomic E-state index is 9.82. The molecule has 2 aromatic rings. The number of hydrogen-bond acceptors (Lipinski definition) is 2. The van der Waals surface area contributed by atoms with Crippen molar-refractivity contribution in [3.63, 3.8) is 0 Å². The molecular formula is C13H18N2O. The third-order valence-corrected chi connectivity index (χ3v) is 2.79. The van der Waals surface area contributed by atoms with Gasteiger partial charge in [-0.1, -0.05) is 0 Å². The molecule has 1 heterocycles. The third-order valence-electron chi connectivity index (χ3n) is 2.79. The summed E-state index contributed by atoms with van der Waals surface area (Å²) in [5.74, 6) is 0. The minimum atomic E-state index is -0.716. The predicted octanol–water partition coefficient (Wildman–Crippen LogP) is 2.42. The van der Waals surface area contributed by atoms with Gasteiger partial charge in [-0.15, -0.1) is 0 Å². The Morgan fingerprint density at radius 1 is 1.25 bits per heavy atom. The van der Waals surface area contributed by atoms with Crippen molar-refractivity contribution in [2.24, 2.45) is 0 Å². The van der Waals surface area contributed by atoms with E-state index in [1.807, 2.05) is 4.57 Å². The normalized spacial score (nSPS) is 12.3. The molecule has 2 rings (SSSR count). The lowest BCUT2D eigenvalue weighted by Gasteiger charge is -2.18. The number of fused-ring (bicyclic) bond motifs is 1. The van der Waals surface area contributed by atoms with Gasteiger partial charge in [0, 0.05) is 0 Å². The third kappa shape index (κ3) is 2.09. The summed E-state index contributed by atoms with van der Waals surface area (Å²) in [5.41, 5.74) is 3.87. The van der Waals surface area contributed by atoms with Crippen molar-refractivity contribution in [1.82, 2.24) is 9.55 Å². The minimum Gasteiger partial charge on any atom is -0.389 e. The van der Waals surface area contributed by atoms with Crippen LogP contribution >= 0.6 is 0 Å². The van der Waals surface area contributed by atoms with Crippen LogP contribution in [0.5, 0.6) is 0 Å². The number of hydrogen-bond donors (Lipinski definition) is 1. The summed E-state index contributed by atoms with van der Waals surface area (Å²) in [7, 11) is 0. The van der Waals surface area contributed by atoms with Gasteiger partial charge in [-0.05, 0) is 51.0 Å². The SMILES string of the molecule is Cc1cc2ncn(CC(C)(C)O)c2cc1C. The van der Waals surface area contributed by atoms with E-state index in [0.29, 0.717) is 6.54 Å². The maximum Gasteiger partial charge on any atom is 0.0959 e. The van der Waals surface area contributed by atoms with Gasteiger partial charge < -0.3 is 9.67 Å². The number of nitrogens with zero attached hydrogens (tertiary/aromatic N) is 2. The second-order valence-electron chi connectivity index (χ2n) is 5.11. The molecule has 0 radical (unpaired) electrons. The Morgan fingerprint density at radius 2 is 1.88 bits per heavy atom. The van der Waals surface area contributed by atoms with Gasteiger partial charge in [0.25, 0.3) is 0 Å². The quantitative estimate of drug-likeness (QED) is 0.840. The summed E-state index contributed by atoms with van der Waals surface area (Å²) in [6.07, 6.45) is 1.79. The molecule has 0 spiro atoms. The maximum atomic E-state index is 9.82. The van der Waals surface area contributed by atoms with Crippen LogP contribution in [0.4, 0.5) is 0 Å². The second-order valence-corrected chi connectivity index (χ2v) is 5.11. The Balaban J connectivity index is 2.52. The summed E-state index contributed by atoms with van der Waals surface area (Å²) in [6, 6.07) is 4.22. The van der Waals surface area contributed by atoms with E-state index in [1.54, 1.807) is 20.2 Å². The molecule has 16 heavy (non-hydrogen) atoms. The van der Waals surface area contributed by atoms with Gasteiger partial charge in [0.05, 0.1) is 29.5 Å². The Bertz CT molecular complexity index is 520. The molecule has 0 amide bonds. The number of imidazole rings is 1. The molecule has 3 nitrogen and oxygen atoms in total. The van der Waals surface area contributed by atoms with Crippen molar-refractivity contribution in [2.75, 3.05) is 0 Å². The first-order valence-corrected chi connectivity index (χ1v) is 5.51. The number of rotatable bonds is 2. The van der Waals surface area contributed by atoms with E-state index in [0.717, 1.165) is 11.0 Å². The summed E-state index contributed by atoms with van der Waals surface area (Å²) in [6.45, 7) is 8.35. The molecule has 0 aliphatic rings. The predicted molar refractivity (Wildman–Crippen MR) is 65.5 cm³/mol. The van der Waals surface area contributed by atoms with Crippen LogP contribution in [-0.4, -0.2) is 20.3 Å². The summed E-state index contributed by atoms with van der Waals surface area (Å²) in [5, 5.41) is 9.82. The van der Waals surface area contributed by atoms with Gasteiger partial charge in [-0.3, -0.25) is 0 Å². The van der Waals surface area contributed by atoms with Crippen LogP contribution in [0.2, 0.25) is 0 Å². The Morgan fingerprint density at radius 3 is 2.50 bits per heavy atom. The summed E-state index contributed by atoms with van der Waals surface area (Å²) in [4.78, 5) is 4.36. The highest BCUT2D eigenvalue weighted by molar-refractivity contribution is 5.77. The van der Waals surface area contributed by atoms with Gasteiger partial charge in [0.15, 0.2) is 0 Å². The van der Waals surface area contributed by atoms with E-state index < -0.39 is 5.60 Å². The lowest BCUT2D eigenvalue weighted by molar-refractivity contribution is 0.0626. The van der Waals surface area contributed by atoms with Crippen molar-refractivity contribution >= 4 is 11.0 Å². The highest BCUT2D eigenvalue weighted by Gasteiger charge is 2.15. The van der Waals surface area contributed by atoms with Gasteiger partial charge in [-0.25, -0.2) is 4.98 Å². The fraction of sp³-hybridized carbons (Fsp3) is 0.462. The summed E-state index contributed by atoms with van der Waals surface area (Å²) < 4.78 is 2.00. The standard InChI is InChI=1S/C13H18N2O/c1-9-5-11-12(6-10(9)2)15(8-14-11)7-13(3,4)16/h5-6,8,16H,7H2,1-4H3. The Labute approximate surface area is 95.7 Å². The molecule has 0 bridgehead atoms. The van der Waals surface area contributed by atoms with Gasteiger partial charge >= 0.3 is 0 Å². The molecule has 1 aromatic carbocycles. The zero-order chi connectivity index (χ0) is 11.9. The lowest BCUT2D eigenvalue weighted by atomic mass is 10.1. The first kappa shape index (κ1) is 11.1. The second kappa shape index (κ2) is 3.59. The van der Waals surface area contributed by atoms with Crippen LogP contribution in [-0.2, 0) is 6.54 Å². The van der Waals surface area contributed by atoms with E-state index in [2.05, 4.69) is 31.0 Å². The average Bonchev–Trinajstić information content (AvgIpc) is 2.47. The van der Waals surface area contributed by atoms with Crippen molar-refractivity contribution in [3.8, 4) is 0 Å². The van der Waals surface area contributed by atoms with E-state index in [1.165, 1.54) is 11.1 Å². The van der Waals surface area contributed by atoms with Gasteiger partial charge in [0.1, 0.15) is 0 Å². The van der Waals surface area contributed by atoms with Gasteiger partial charge in [0.2, 0.25) is 0 Å². The van der Waals surface area contributed by atoms with Crippen LogP contribution in [0.15, 0.2) is 18.5 Å². The van der Waals surface area contributed by atoms with Crippen molar-refractivity contribution < 1.29 is 5.11 Å². The molecule has 1 N–H and O–H groups in total. The topological polar surface area (TPSA) is 38.0 Å². The number of aliphatic hydroxyl groups is 1. The van der Waals surface area contributed by atoms with E-state index >= 15 is 0 Å². The summed E-state index contributed by atoms with van der Waals surface area (Å²) >= 11 is 0. The fourth-order valence-corrected chi connectivity index (χ4v) is 1.86. The van der Waals surface area contributed by atoms with Crippen molar-refractivity contribution in [1.29, 1.82) is 0 Å². The van der Waals surface area contributed by atoms with E-state index in [9.17, 15) is 5.11 Å². The molecule has 0 unspecified atom stereocenters. The molecule has 0 saturated heterocycles. The number of benzene rings is 1. The zero-order valence-corrected chi connectivity index (χ0v) is 10.3. The first-order chi connectivity index (χ1) is 7.37. The van der Waals surface area contributed by atoms with E-state index in [4.69, 9.17) is 0 Å². The minimum absolute atomic E-state index is 0.562. The molecule has 1 aromatic heterocycles. The Kier molecular flexibility index (Phi) is 2.50. The molecule has 0 atom stereocenters. The van der Waals surface area contributed by atoms with Crippen LogP contribution in [0.3, 0.4) is 0 Å².